The van der Waals surface area contributed by atoms with E-state index in [0.29, 0.717) is 5.82 Å². The van der Waals surface area contributed by atoms with Crippen molar-refractivity contribution in [3.63, 3.8) is 0 Å². The van der Waals surface area contributed by atoms with Crippen molar-refractivity contribution in [3.05, 3.63) is 206 Å². The molecule has 54 heavy (non-hydrogen) atoms. The summed E-state index contributed by atoms with van der Waals surface area (Å²) in [5.41, 5.74) is 11.9. The maximum absolute atomic E-state index is 5.48. The third-order valence-corrected chi connectivity index (χ3v) is 10.5. The van der Waals surface area contributed by atoms with E-state index in [0.717, 1.165) is 55.7 Å². The molecule has 10 rings (SSSR count). The summed E-state index contributed by atoms with van der Waals surface area (Å²) in [6, 6.07) is 73.3. The van der Waals surface area contributed by atoms with Crippen LogP contribution in [0.1, 0.15) is 0 Å². The molecule has 0 spiro atoms. The third-order valence-electron chi connectivity index (χ3n) is 10.5. The van der Waals surface area contributed by atoms with Gasteiger partial charge in [-0.3, -0.25) is 0 Å². The lowest BCUT2D eigenvalue weighted by Crippen LogP contribution is -1.99. The fraction of sp³-hybridized carbons (Fsp3) is 0. The normalized spacial score (nSPS) is 11.3. The molecular formula is C52H34N2. The number of nitrogens with zero attached hydrogens (tertiary/aromatic N) is 2. The lowest BCUT2D eigenvalue weighted by Gasteiger charge is -2.17. The van der Waals surface area contributed by atoms with Crippen LogP contribution in [0.15, 0.2) is 206 Å². The van der Waals surface area contributed by atoms with Gasteiger partial charge in [0, 0.05) is 16.7 Å². The van der Waals surface area contributed by atoms with Crippen molar-refractivity contribution in [2.45, 2.75) is 0 Å². The van der Waals surface area contributed by atoms with E-state index in [-0.39, 0.29) is 0 Å². The highest BCUT2D eigenvalue weighted by atomic mass is 14.9. The molecule has 1 heterocycles. The number of benzene rings is 9. The third kappa shape index (κ3) is 5.53. The first-order valence-corrected chi connectivity index (χ1v) is 18.4. The Hall–Kier alpha value is -7.16. The lowest BCUT2D eigenvalue weighted by molar-refractivity contribution is 1.19. The van der Waals surface area contributed by atoms with E-state index in [1.807, 2.05) is 0 Å². The van der Waals surface area contributed by atoms with E-state index in [9.17, 15) is 0 Å². The monoisotopic (exact) mass is 686 g/mol. The lowest BCUT2D eigenvalue weighted by atomic mass is 9.89. The molecular weight excluding hydrogens is 653 g/mol. The molecule has 0 aliphatic carbocycles. The summed E-state index contributed by atoms with van der Waals surface area (Å²) >= 11 is 0. The average molecular weight is 687 g/mol. The van der Waals surface area contributed by atoms with Crippen LogP contribution in [-0.2, 0) is 0 Å². The van der Waals surface area contributed by atoms with Gasteiger partial charge in [0.05, 0.1) is 11.4 Å². The van der Waals surface area contributed by atoms with Crippen LogP contribution < -0.4 is 0 Å². The highest BCUT2D eigenvalue weighted by Crippen LogP contribution is 2.43. The van der Waals surface area contributed by atoms with Crippen LogP contribution in [0.5, 0.6) is 0 Å². The SMILES string of the molecule is c1ccc(-c2ccccc2-c2cc(-c3ccccc3-c3ccccc3)nc(-c3cc4c5ccccc5c(-c5ccccc5)cc4c4ccccc34)n2)cc1. The van der Waals surface area contributed by atoms with Crippen molar-refractivity contribution < 1.29 is 0 Å². The second-order valence-electron chi connectivity index (χ2n) is 13.7. The standard InChI is InChI=1S/C52H34N2/c1-4-18-35(19-5-1)38-24-10-16-30-44(38)50-34-51(45-31-17-11-25-39(45)36-20-6-2-7-21-36)54-52(53-50)49-33-48-41-27-13-12-26-40(41)46(37-22-8-3-9-23-37)32-47(48)42-28-14-15-29-43(42)49/h1-34H. The smallest absolute Gasteiger partial charge is 0.161 e. The largest absolute Gasteiger partial charge is 0.228 e. The molecule has 0 unspecified atom stereocenters. The molecule has 0 amide bonds. The summed E-state index contributed by atoms with van der Waals surface area (Å²) in [6.45, 7) is 0. The first-order chi connectivity index (χ1) is 26.8. The molecule has 0 bridgehead atoms. The van der Waals surface area contributed by atoms with Crippen LogP contribution >= 0.6 is 0 Å². The molecule has 0 fully saturated rings. The zero-order chi connectivity index (χ0) is 35.8. The molecule has 1 aromatic heterocycles. The minimum atomic E-state index is 0.697. The topological polar surface area (TPSA) is 25.8 Å². The van der Waals surface area contributed by atoms with Gasteiger partial charge in [-0.15, -0.1) is 0 Å². The minimum Gasteiger partial charge on any atom is -0.228 e. The van der Waals surface area contributed by atoms with Crippen molar-refractivity contribution >= 4 is 32.3 Å². The van der Waals surface area contributed by atoms with Gasteiger partial charge < -0.3 is 0 Å². The Balaban J connectivity index is 1.29. The first kappa shape index (κ1) is 31.6. The zero-order valence-electron chi connectivity index (χ0n) is 29.5. The zero-order valence-corrected chi connectivity index (χ0v) is 29.5. The number of aromatic nitrogens is 2. The Labute approximate surface area is 314 Å². The molecule has 0 aliphatic heterocycles. The Kier molecular flexibility index (Phi) is 7.85. The molecule has 0 saturated heterocycles. The summed E-state index contributed by atoms with van der Waals surface area (Å²) in [6.07, 6.45) is 0. The second-order valence-corrected chi connectivity index (χ2v) is 13.7. The van der Waals surface area contributed by atoms with E-state index in [4.69, 9.17) is 9.97 Å². The molecule has 0 atom stereocenters. The summed E-state index contributed by atoms with van der Waals surface area (Å²) in [4.78, 5) is 11.0. The van der Waals surface area contributed by atoms with Crippen molar-refractivity contribution in [1.82, 2.24) is 9.97 Å². The van der Waals surface area contributed by atoms with E-state index < -0.39 is 0 Å². The molecule has 2 heteroatoms. The Morgan fingerprint density at radius 1 is 0.222 bits per heavy atom. The van der Waals surface area contributed by atoms with Crippen LogP contribution in [0.3, 0.4) is 0 Å². The van der Waals surface area contributed by atoms with E-state index in [1.54, 1.807) is 0 Å². The molecule has 10 aromatic rings. The van der Waals surface area contributed by atoms with Crippen molar-refractivity contribution in [1.29, 1.82) is 0 Å². The molecule has 0 aliphatic rings. The summed E-state index contributed by atoms with van der Waals surface area (Å²) in [7, 11) is 0. The van der Waals surface area contributed by atoms with Crippen molar-refractivity contribution in [3.8, 4) is 67.3 Å². The predicted octanol–water partition coefficient (Wildman–Crippen LogP) is 13.9. The average Bonchev–Trinajstić information content (AvgIpc) is 3.26. The highest BCUT2D eigenvalue weighted by Gasteiger charge is 2.20. The number of fused-ring (bicyclic) bond motifs is 5. The Morgan fingerprint density at radius 2 is 0.556 bits per heavy atom. The molecule has 0 saturated carbocycles. The van der Waals surface area contributed by atoms with Crippen molar-refractivity contribution in [2.24, 2.45) is 0 Å². The first-order valence-electron chi connectivity index (χ1n) is 18.4. The van der Waals surface area contributed by atoms with Gasteiger partial charge >= 0.3 is 0 Å². The van der Waals surface area contributed by atoms with Gasteiger partial charge in [-0.25, -0.2) is 9.97 Å². The number of hydrogen-bond acceptors (Lipinski definition) is 2. The molecule has 0 radical (unpaired) electrons. The van der Waals surface area contributed by atoms with Gasteiger partial charge in [-0.2, -0.15) is 0 Å². The quantitative estimate of drug-likeness (QED) is 0.163. The Morgan fingerprint density at radius 3 is 1.02 bits per heavy atom. The maximum Gasteiger partial charge on any atom is 0.161 e. The fourth-order valence-electron chi connectivity index (χ4n) is 7.99. The maximum atomic E-state index is 5.48. The molecule has 2 nitrogen and oxygen atoms in total. The summed E-state index contributed by atoms with van der Waals surface area (Å²) in [5, 5.41) is 7.13. The molecule has 0 N–H and O–H groups in total. The van der Waals surface area contributed by atoms with Crippen LogP contribution in [0.2, 0.25) is 0 Å². The van der Waals surface area contributed by atoms with Gasteiger partial charge in [-0.1, -0.05) is 188 Å². The van der Waals surface area contributed by atoms with Gasteiger partial charge in [0.1, 0.15) is 0 Å². The van der Waals surface area contributed by atoms with E-state index in [2.05, 4.69) is 206 Å². The van der Waals surface area contributed by atoms with Crippen LogP contribution in [-0.4, -0.2) is 9.97 Å². The second kappa shape index (κ2) is 13.4. The molecule has 9 aromatic carbocycles. The van der Waals surface area contributed by atoms with Crippen LogP contribution in [0.25, 0.3) is 99.6 Å². The number of rotatable bonds is 6. The minimum absolute atomic E-state index is 0.697. The predicted molar refractivity (Wildman–Crippen MR) is 227 cm³/mol. The van der Waals surface area contributed by atoms with Gasteiger partial charge in [0.25, 0.3) is 0 Å². The van der Waals surface area contributed by atoms with Crippen LogP contribution in [0.4, 0.5) is 0 Å². The van der Waals surface area contributed by atoms with E-state index >= 15 is 0 Å². The van der Waals surface area contributed by atoms with Crippen LogP contribution in [0, 0.1) is 0 Å². The Bertz CT molecular complexity index is 2870. The summed E-state index contributed by atoms with van der Waals surface area (Å²) in [5.74, 6) is 0.697. The fourth-order valence-corrected chi connectivity index (χ4v) is 7.99. The molecule has 252 valence electrons. The summed E-state index contributed by atoms with van der Waals surface area (Å²) < 4.78 is 0. The van der Waals surface area contributed by atoms with Gasteiger partial charge in [-0.05, 0) is 83.9 Å². The van der Waals surface area contributed by atoms with Crippen molar-refractivity contribution in [2.75, 3.05) is 0 Å². The highest BCUT2D eigenvalue weighted by molar-refractivity contribution is 6.23. The van der Waals surface area contributed by atoms with Gasteiger partial charge in [0.2, 0.25) is 0 Å². The number of hydrogen-bond donors (Lipinski definition) is 0. The van der Waals surface area contributed by atoms with E-state index in [1.165, 1.54) is 38.1 Å². The van der Waals surface area contributed by atoms with Gasteiger partial charge in [0.15, 0.2) is 5.82 Å².